The number of nitrogens with one attached hydrogen (secondary N) is 1. The van der Waals surface area contributed by atoms with E-state index in [0.717, 1.165) is 16.3 Å². The first-order chi connectivity index (χ1) is 19.7. The maximum atomic E-state index is 13.2. The molecular weight excluding hydrogens is 544 g/mol. The summed E-state index contributed by atoms with van der Waals surface area (Å²) in [4.78, 5) is 62.4. The molecule has 0 fully saturated rings. The van der Waals surface area contributed by atoms with Crippen LogP contribution in [0.2, 0.25) is 0 Å². The van der Waals surface area contributed by atoms with Crippen LogP contribution in [0.25, 0.3) is 33.9 Å². The molecule has 0 saturated carbocycles. The first kappa shape index (κ1) is 25.8. The fourth-order valence-corrected chi connectivity index (χ4v) is 5.53. The predicted octanol–water partition coefficient (Wildman–Crippen LogP) is 2.65. The lowest BCUT2D eigenvalue weighted by atomic mass is 10.1. The van der Waals surface area contributed by atoms with Crippen LogP contribution in [-0.2, 0) is 14.1 Å². The zero-order valence-electron chi connectivity index (χ0n) is 21.9. The van der Waals surface area contributed by atoms with Crippen molar-refractivity contribution in [3.05, 3.63) is 103 Å². The van der Waals surface area contributed by atoms with Crippen molar-refractivity contribution in [2.45, 2.75) is 17.1 Å². The second kappa shape index (κ2) is 9.61. The van der Waals surface area contributed by atoms with E-state index in [2.05, 4.69) is 15.0 Å². The molecule has 0 spiro atoms. The van der Waals surface area contributed by atoms with Gasteiger partial charge in [0.25, 0.3) is 11.1 Å². The number of aryl methyl sites for hydroxylation is 1. The number of H-pyrrole nitrogens is 1. The topological polar surface area (TPSA) is 153 Å². The van der Waals surface area contributed by atoms with Gasteiger partial charge >= 0.3 is 5.69 Å². The number of hydrogen-bond donors (Lipinski definition) is 1. The lowest BCUT2D eigenvalue weighted by molar-refractivity contribution is 0.101. The van der Waals surface area contributed by atoms with Crippen LogP contribution in [0.5, 0.6) is 0 Å². The number of carbonyl (C=O) groups is 1. The highest BCUT2D eigenvalue weighted by atomic mass is 32.2. The van der Waals surface area contributed by atoms with Gasteiger partial charge in [-0.05, 0) is 43.0 Å². The number of aromatic nitrogens is 7. The third kappa shape index (κ3) is 4.09. The van der Waals surface area contributed by atoms with Crippen molar-refractivity contribution in [2.75, 3.05) is 0 Å². The molecule has 0 bridgehead atoms. The zero-order chi connectivity index (χ0) is 29.0. The van der Waals surface area contributed by atoms with E-state index >= 15 is 0 Å². The number of benzene rings is 2. The van der Waals surface area contributed by atoms with Crippen LogP contribution < -0.4 is 16.8 Å². The molecule has 0 aliphatic carbocycles. The number of hydrogen-bond acceptors (Lipinski definition) is 8. The molecule has 0 atom stereocenters. The number of nitrogens with zero attached hydrogens (tertiary/aromatic N) is 7. The molecule has 6 rings (SSSR count). The molecule has 0 unspecified atom stereocenters. The summed E-state index contributed by atoms with van der Waals surface area (Å²) in [5, 5.41) is 10.4. The molecule has 4 heterocycles. The van der Waals surface area contributed by atoms with Gasteiger partial charge in [0.15, 0.2) is 22.1 Å². The summed E-state index contributed by atoms with van der Waals surface area (Å²) >= 11 is 1.10. The Kier molecular flexibility index (Phi) is 6.04. The van der Waals surface area contributed by atoms with Gasteiger partial charge in [-0.3, -0.25) is 37.5 Å². The average Bonchev–Trinajstić information content (AvgIpc) is 3.51. The third-order valence-corrected chi connectivity index (χ3v) is 7.61. The van der Waals surface area contributed by atoms with Gasteiger partial charge in [-0.15, -0.1) is 0 Å². The minimum absolute atomic E-state index is 0.0957. The Balaban J connectivity index is 1.61. The number of fused-ring (bicyclic) bond motifs is 3. The second-order valence-electron chi connectivity index (χ2n) is 9.24. The molecule has 41 heavy (non-hydrogen) atoms. The average molecular weight is 565 g/mol. The Morgan fingerprint density at radius 1 is 0.976 bits per heavy atom. The van der Waals surface area contributed by atoms with Crippen molar-refractivity contribution in [3.63, 3.8) is 0 Å². The van der Waals surface area contributed by atoms with Crippen LogP contribution in [0.15, 0.2) is 85.4 Å². The van der Waals surface area contributed by atoms with E-state index in [-0.39, 0.29) is 33.4 Å². The van der Waals surface area contributed by atoms with Crippen LogP contribution in [0.1, 0.15) is 22.8 Å². The lowest BCUT2D eigenvalue weighted by Crippen LogP contribution is -2.37. The highest BCUT2D eigenvalue weighted by molar-refractivity contribution is 7.99. The molecule has 1 N–H and O–H groups in total. The van der Waals surface area contributed by atoms with E-state index in [9.17, 15) is 24.4 Å². The van der Waals surface area contributed by atoms with Crippen molar-refractivity contribution in [3.8, 4) is 23.0 Å². The number of Topliss-reactive ketones (excluding diaryl/α,β-unsaturated/α-hetero) is 1. The van der Waals surface area contributed by atoms with E-state index in [0.29, 0.717) is 27.6 Å². The standard InChI is InChI=1S/C28H20N8O4S/c1-15(37)16-9-11-18(12-10-16)36-20(14-35-22-23(31-27(35)36)33(2)28(40)34(3)25(22)39)41-26-30-21(17-7-5-4-6-8-17)19(13-29)24(38)32-26/h4-12,14H,1-3H3,(H,30,32,38). The van der Waals surface area contributed by atoms with Crippen LogP contribution >= 0.6 is 11.8 Å². The Morgan fingerprint density at radius 2 is 1.68 bits per heavy atom. The van der Waals surface area contributed by atoms with Crippen LogP contribution in [0.3, 0.4) is 0 Å². The molecular formula is C28H20N8O4S. The van der Waals surface area contributed by atoms with Gasteiger partial charge in [-0.25, -0.2) is 9.78 Å². The largest absolute Gasteiger partial charge is 0.332 e. The van der Waals surface area contributed by atoms with E-state index in [1.54, 1.807) is 63.7 Å². The quantitative estimate of drug-likeness (QED) is 0.248. The summed E-state index contributed by atoms with van der Waals surface area (Å²) < 4.78 is 5.62. The maximum absolute atomic E-state index is 13.2. The van der Waals surface area contributed by atoms with Crippen molar-refractivity contribution in [1.82, 2.24) is 33.1 Å². The maximum Gasteiger partial charge on any atom is 0.332 e. The van der Waals surface area contributed by atoms with E-state index < -0.39 is 16.8 Å². The van der Waals surface area contributed by atoms with E-state index in [1.165, 1.54) is 25.6 Å². The van der Waals surface area contributed by atoms with Crippen molar-refractivity contribution in [1.29, 1.82) is 5.26 Å². The SMILES string of the molecule is CC(=O)c1ccc(-n2c(Sc3nc(-c4ccccc4)c(C#N)c(=O)[nH]3)cn3c4c(=O)n(C)c(=O)n(C)c4nc23)cc1. The van der Waals surface area contributed by atoms with Gasteiger partial charge < -0.3 is 0 Å². The number of rotatable bonds is 5. The molecule has 0 aliphatic heterocycles. The highest BCUT2D eigenvalue weighted by Crippen LogP contribution is 2.32. The Morgan fingerprint density at radius 3 is 2.34 bits per heavy atom. The molecule has 0 aliphatic rings. The monoisotopic (exact) mass is 564 g/mol. The first-order valence-corrected chi connectivity index (χ1v) is 13.1. The fraction of sp³-hybridized carbons (Fsp3) is 0.107. The van der Waals surface area contributed by atoms with Gasteiger partial charge in [0, 0.05) is 37.1 Å². The summed E-state index contributed by atoms with van der Waals surface area (Å²) in [7, 11) is 2.93. The summed E-state index contributed by atoms with van der Waals surface area (Å²) in [5.74, 6) is 0.234. The molecule has 4 aromatic heterocycles. The van der Waals surface area contributed by atoms with Gasteiger partial charge in [-0.1, -0.05) is 30.3 Å². The zero-order valence-corrected chi connectivity index (χ0v) is 22.8. The molecule has 2 aromatic carbocycles. The lowest BCUT2D eigenvalue weighted by Gasteiger charge is -2.10. The Labute approximate surface area is 234 Å². The van der Waals surface area contributed by atoms with Gasteiger partial charge in [-0.2, -0.15) is 10.2 Å². The van der Waals surface area contributed by atoms with Crippen LogP contribution in [0, 0.1) is 11.3 Å². The number of carbonyl (C=O) groups excluding carboxylic acids is 1. The van der Waals surface area contributed by atoms with Crippen LogP contribution in [0.4, 0.5) is 0 Å². The summed E-state index contributed by atoms with van der Waals surface area (Å²) in [5.41, 5.74) is 0.639. The van der Waals surface area contributed by atoms with Gasteiger partial charge in [0.1, 0.15) is 16.7 Å². The summed E-state index contributed by atoms with van der Waals surface area (Å²) in [6.45, 7) is 1.47. The number of aromatic amines is 1. The number of ketones is 1. The van der Waals surface area contributed by atoms with Gasteiger partial charge in [0.05, 0.1) is 5.69 Å². The molecule has 0 radical (unpaired) electrons. The van der Waals surface area contributed by atoms with Crippen LogP contribution in [-0.4, -0.2) is 38.8 Å². The van der Waals surface area contributed by atoms with Crippen molar-refractivity contribution >= 4 is 34.5 Å². The number of nitriles is 1. The first-order valence-electron chi connectivity index (χ1n) is 12.3. The Hall–Kier alpha value is -5.48. The summed E-state index contributed by atoms with van der Waals surface area (Å²) in [6, 6.07) is 17.7. The minimum atomic E-state index is -0.591. The smallest absolute Gasteiger partial charge is 0.300 e. The second-order valence-corrected chi connectivity index (χ2v) is 10.2. The molecule has 0 saturated heterocycles. The van der Waals surface area contributed by atoms with Crippen molar-refractivity contribution < 1.29 is 4.79 Å². The third-order valence-electron chi connectivity index (χ3n) is 6.72. The number of imidazole rings is 2. The molecule has 13 heteroatoms. The van der Waals surface area contributed by atoms with Gasteiger partial charge in [0.2, 0.25) is 5.78 Å². The Bertz CT molecular complexity index is 2250. The van der Waals surface area contributed by atoms with E-state index in [1.807, 2.05) is 12.1 Å². The molecule has 0 amide bonds. The highest BCUT2D eigenvalue weighted by Gasteiger charge is 2.23. The summed E-state index contributed by atoms with van der Waals surface area (Å²) in [6.07, 6.45) is 1.67. The minimum Gasteiger partial charge on any atom is -0.300 e. The fourth-order valence-electron chi connectivity index (χ4n) is 4.62. The normalized spacial score (nSPS) is 11.3. The molecule has 6 aromatic rings. The molecule has 12 nitrogen and oxygen atoms in total. The van der Waals surface area contributed by atoms with E-state index in [4.69, 9.17) is 0 Å². The van der Waals surface area contributed by atoms with Crippen molar-refractivity contribution in [2.24, 2.45) is 14.1 Å². The molecule has 202 valence electrons. The predicted molar refractivity (Wildman–Crippen MR) is 152 cm³/mol.